The summed E-state index contributed by atoms with van der Waals surface area (Å²) in [5.41, 5.74) is 1.40. The minimum absolute atomic E-state index is 0.163. The minimum atomic E-state index is -3.63. The number of furan rings is 1. The highest BCUT2D eigenvalue weighted by Crippen LogP contribution is 2.19. The van der Waals surface area contributed by atoms with Crippen LogP contribution in [0.2, 0.25) is 0 Å². The van der Waals surface area contributed by atoms with Crippen molar-refractivity contribution in [1.82, 2.24) is 4.31 Å². The Morgan fingerprint density at radius 1 is 1.03 bits per heavy atom. The highest BCUT2D eigenvalue weighted by Gasteiger charge is 2.20. The first kappa shape index (κ1) is 20.6. The van der Waals surface area contributed by atoms with Crippen molar-refractivity contribution < 1.29 is 17.6 Å². The summed E-state index contributed by atoms with van der Waals surface area (Å²) >= 11 is 0. The van der Waals surface area contributed by atoms with Gasteiger partial charge in [-0.25, -0.2) is 8.42 Å². The average molecular weight is 410 g/mol. The maximum absolute atomic E-state index is 12.7. The fourth-order valence-electron chi connectivity index (χ4n) is 2.70. The lowest BCUT2D eigenvalue weighted by Gasteiger charge is -2.17. The number of aryl methyl sites for hydroxylation is 1. The Balaban J connectivity index is 1.64. The van der Waals surface area contributed by atoms with Crippen LogP contribution in [-0.2, 0) is 21.4 Å². The summed E-state index contributed by atoms with van der Waals surface area (Å²) < 4.78 is 32.2. The largest absolute Gasteiger partial charge is 0.462 e. The molecule has 0 unspecified atom stereocenters. The molecule has 1 N–H and O–H groups in total. The van der Waals surface area contributed by atoms with Crippen LogP contribution >= 0.6 is 0 Å². The molecule has 0 spiro atoms. The third-order valence-electron chi connectivity index (χ3n) is 4.24. The van der Waals surface area contributed by atoms with Crippen molar-refractivity contribution in [2.75, 3.05) is 12.4 Å². The van der Waals surface area contributed by atoms with Gasteiger partial charge in [0.2, 0.25) is 15.9 Å². The zero-order valence-electron chi connectivity index (χ0n) is 16.2. The van der Waals surface area contributed by atoms with Gasteiger partial charge in [0.1, 0.15) is 11.5 Å². The van der Waals surface area contributed by atoms with Gasteiger partial charge in [-0.1, -0.05) is 30.3 Å². The molecule has 2 aromatic carbocycles. The summed E-state index contributed by atoms with van der Waals surface area (Å²) in [5.74, 6) is 1.01. The van der Waals surface area contributed by atoms with Crippen molar-refractivity contribution in [2.24, 2.45) is 0 Å². The molecule has 0 fully saturated rings. The van der Waals surface area contributed by atoms with E-state index in [-0.39, 0.29) is 17.3 Å². The van der Waals surface area contributed by atoms with Crippen LogP contribution in [-0.4, -0.2) is 25.7 Å². The van der Waals surface area contributed by atoms with Gasteiger partial charge in [0, 0.05) is 25.4 Å². The highest BCUT2D eigenvalue weighted by molar-refractivity contribution is 7.89. The highest BCUT2D eigenvalue weighted by atomic mass is 32.2. The van der Waals surface area contributed by atoms with E-state index in [4.69, 9.17) is 4.42 Å². The number of carbonyl (C=O) groups is 1. The number of amides is 1. The van der Waals surface area contributed by atoms with Crippen molar-refractivity contribution in [2.45, 2.75) is 18.4 Å². The zero-order valence-corrected chi connectivity index (χ0v) is 17.0. The number of hydrogen-bond acceptors (Lipinski definition) is 4. The molecule has 0 saturated heterocycles. The van der Waals surface area contributed by atoms with E-state index in [2.05, 4.69) is 5.32 Å². The fourth-order valence-corrected chi connectivity index (χ4v) is 3.86. The van der Waals surface area contributed by atoms with E-state index in [1.165, 1.54) is 22.5 Å². The summed E-state index contributed by atoms with van der Waals surface area (Å²) in [5, 5.41) is 2.69. The van der Waals surface area contributed by atoms with Crippen LogP contribution in [0.1, 0.15) is 17.1 Å². The third-order valence-corrected chi connectivity index (χ3v) is 6.06. The Kier molecular flexibility index (Phi) is 6.31. The molecular formula is C22H22N2O4S. The summed E-state index contributed by atoms with van der Waals surface area (Å²) in [6.07, 6.45) is 2.93. The molecule has 3 aromatic rings. The monoisotopic (exact) mass is 410 g/mol. The molecule has 3 rings (SSSR count). The van der Waals surface area contributed by atoms with E-state index in [1.807, 2.05) is 43.3 Å². The second kappa shape index (κ2) is 8.89. The fraction of sp³-hybridized carbons (Fsp3) is 0.136. The van der Waals surface area contributed by atoms with Crippen LogP contribution in [0.3, 0.4) is 0 Å². The number of carbonyl (C=O) groups excluding carboxylic acids is 1. The number of benzene rings is 2. The predicted molar refractivity (Wildman–Crippen MR) is 113 cm³/mol. The summed E-state index contributed by atoms with van der Waals surface area (Å²) in [6, 6.07) is 19.0. The van der Waals surface area contributed by atoms with E-state index < -0.39 is 10.0 Å². The van der Waals surface area contributed by atoms with E-state index in [9.17, 15) is 13.2 Å². The number of anilines is 1. The second-order valence-electron chi connectivity index (χ2n) is 6.54. The first-order chi connectivity index (χ1) is 13.8. The van der Waals surface area contributed by atoms with Gasteiger partial charge in [-0.2, -0.15) is 4.31 Å². The normalized spacial score (nSPS) is 11.8. The molecule has 0 saturated carbocycles. The number of rotatable bonds is 7. The predicted octanol–water partition coefficient (Wildman–Crippen LogP) is 4.06. The number of sulfonamides is 1. The maximum atomic E-state index is 12.7. The maximum Gasteiger partial charge on any atom is 0.248 e. The second-order valence-corrected chi connectivity index (χ2v) is 8.59. The zero-order chi connectivity index (χ0) is 20.9. The molecule has 1 amide bonds. The molecule has 0 aliphatic rings. The van der Waals surface area contributed by atoms with Gasteiger partial charge in [-0.05, 0) is 55.0 Å². The van der Waals surface area contributed by atoms with Gasteiger partial charge < -0.3 is 9.73 Å². The summed E-state index contributed by atoms with van der Waals surface area (Å²) in [4.78, 5) is 12.2. The van der Waals surface area contributed by atoms with Crippen molar-refractivity contribution in [3.8, 4) is 0 Å². The molecule has 0 bridgehead atoms. The third kappa shape index (κ3) is 5.43. The summed E-state index contributed by atoms with van der Waals surface area (Å²) in [7, 11) is -2.09. The summed E-state index contributed by atoms with van der Waals surface area (Å²) in [6.45, 7) is 2.10. The molecule has 0 atom stereocenters. The van der Waals surface area contributed by atoms with Crippen LogP contribution in [0, 0.1) is 6.92 Å². The molecular weight excluding hydrogens is 388 g/mol. The lowest BCUT2D eigenvalue weighted by atomic mass is 10.2. The van der Waals surface area contributed by atoms with E-state index in [1.54, 1.807) is 31.3 Å². The Bertz CT molecular complexity index is 1100. The molecule has 0 aliphatic heterocycles. The first-order valence-corrected chi connectivity index (χ1v) is 10.4. The van der Waals surface area contributed by atoms with Crippen LogP contribution in [0.15, 0.2) is 82.1 Å². The van der Waals surface area contributed by atoms with Crippen LogP contribution in [0.25, 0.3) is 6.08 Å². The number of nitrogens with one attached hydrogen (secondary N) is 1. The molecule has 150 valence electrons. The molecule has 0 radical (unpaired) electrons. The smallest absolute Gasteiger partial charge is 0.248 e. The van der Waals surface area contributed by atoms with Gasteiger partial charge in [-0.15, -0.1) is 0 Å². The van der Waals surface area contributed by atoms with E-state index in [0.29, 0.717) is 11.4 Å². The van der Waals surface area contributed by atoms with Crippen LogP contribution in [0.5, 0.6) is 0 Å². The molecule has 7 heteroatoms. The topological polar surface area (TPSA) is 79.6 Å². The van der Waals surface area contributed by atoms with Crippen molar-refractivity contribution in [1.29, 1.82) is 0 Å². The van der Waals surface area contributed by atoms with E-state index in [0.717, 1.165) is 11.3 Å². The minimum Gasteiger partial charge on any atom is -0.462 e. The van der Waals surface area contributed by atoms with Gasteiger partial charge in [0.15, 0.2) is 0 Å². The van der Waals surface area contributed by atoms with Crippen LogP contribution in [0.4, 0.5) is 5.69 Å². The standard InChI is InChI=1S/C22H22N2O4S/c1-17-8-11-20(28-17)12-15-22(25)23-19-9-13-21(14-10-19)29(26,27)24(2)16-18-6-4-3-5-7-18/h3-15H,16H2,1-2H3,(H,23,25). The van der Waals surface area contributed by atoms with Crippen LogP contribution < -0.4 is 5.32 Å². The quantitative estimate of drug-likeness (QED) is 0.596. The molecule has 0 aliphatic carbocycles. The van der Waals surface area contributed by atoms with Gasteiger partial charge in [0.05, 0.1) is 4.90 Å². The Morgan fingerprint density at radius 3 is 2.34 bits per heavy atom. The number of nitrogens with zero attached hydrogens (tertiary/aromatic N) is 1. The van der Waals surface area contributed by atoms with Gasteiger partial charge >= 0.3 is 0 Å². The van der Waals surface area contributed by atoms with Crippen molar-refractivity contribution in [3.63, 3.8) is 0 Å². The SMILES string of the molecule is Cc1ccc(C=CC(=O)Nc2ccc(S(=O)(=O)N(C)Cc3ccccc3)cc2)o1. The molecule has 29 heavy (non-hydrogen) atoms. The van der Waals surface area contributed by atoms with Crippen molar-refractivity contribution in [3.05, 3.63) is 89.9 Å². The van der Waals surface area contributed by atoms with Crippen molar-refractivity contribution >= 4 is 27.7 Å². The average Bonchev–Trinajstić information content (AvgIpc) is 3.13. The van der Waals surface area contributed by atoms with Gasteiger partial charge in [-0.3, -0.25) is 4.79 Å². The lowest BCUT2D eigenvalue weighted by Crippen LogP contribution is -2.26. The molecule has 1 heterocycles. The first-order valence-electron chi connectivity index (χ1n) is 9.00. The lowest BCUT2D eigenvalue weighted by molar-refractivity contribution is -0.111. The molecule has 1 aromatic heterocycles. The van der Waals surface area contributed by atoms with Gasteiger partial charge in [0.25, 0.3) is 0 Å². The Morgan fingerprint density at radius 2 is 1.72 bits per heavy atom. The van der Waals surface area contributed by atoms with E-state index >= 15 is 0 Å². The molecule has 6 nitrogen and oxygen atoms in total. The number of hydrogen-bond donors (Lipinski definition) is 1. The Hall–Kier alpha value is -3.16. The Labute approximate surface area is 170 Å².